The molecule has 0 radical (unpaired) electrons. The molecular weight excluding hydrogens is 340 g/mol. The molecule has 25 heavy (non-hydrogen) atoms. The summed E-state index contributed by atoms with van der Waals surface area (Å²) in [6.07, 6.45) is 8.78. The molecule has 0 aromatic carbocycles. The number of nitrogens with two attached hydrogens (primary N) is 2. The minimum absolute atomic E-state index is 0.0947. The Morgan fingerprint density at radius 2 is 2.20 bits per heavy atom. The Morgan fingerprint density at radius 3 is 2.88 bits per heavy atom. The van der Waals surface area contributed by atoms with Crippen LogP contribution in [0.15, 0.2) is 41.4 Å². The maximum absolute atomic E-state index is 12.0. The maximum atomic E-state index is 12.0. The molecule has 0 spiro atoms. The van der Waals surface area contributed by atoms with Crippen molar-refractivity contribution in [1.29, 1.82) is 0 Å². The third-order valence-electron chi connectivity index (χ3n) is 3.87. The zero-order valence-corrected chi connectivity index (χ0v) is 14.6. The van der Waals surface area contributed by atoms with Gasteiger partial charge in [0, 0.05) is 29.2 Å². The highest BCUT2D eigenvalue weighted by molar-refractivity contribution is 6.31. The van der Waals surface area contributed by atoms with Gasteiger partial charge in [-0.25, -0.2) is 9.67 Å². The van der Waals surface area contributed by atoms with Gasteiger partial charge in [-0.1, -0.05) is 11.6 Å². The SMILES string of the molecule is Cc1cnc(-n2cc(CC(=O)N=C(N)/C=C(\N)C3CC3)cn2)cc1Cl. The number of hydrogen-bond acceptors (Lipinski definition) is 4. The molecule has 1 amide bonds. The highest BCUT2D eigenvalue weighted by Gasteiger charge is 2.24. The van der Waals surface area contributed by atoms with Crippen molar-refractivity contribution in [3.8, 4) is 5.82 Å². The highest BCUT2D eigenvalue weighted by Crippen LogP contribution is 2.33. The first-order chi connectivity index (χ1) is 11.9. The van der Waals surface area contributed by atoms with Crippen LogP contribution in [0.4, 0.5) is 0 Å². The molecule has 1 saturated carbocycles. The van der Waals surface area contributed by atoms with Gasteiger partial charge in [-0.05, 0) is 42.9 Å². The van der Waals surface area contributed by atoms with Crippen LogP contribution in [-0.2, 0) is 11.2 Å². The molecule has 1 fully saturated rings. The van der Waals surface area contributed by atoms with E-state index < -0.39 is 0 Å². The lowest BCUT2D eigenvalue weighted by Crippen LogP contribution is -2.15. The average Bonchev–Trinajstić information content (AvgIpc) is 3.30. The summed E-state index contributed by atoms with van der Waals surface area (Å²) >= 11 is 6.10. The van der Waals surface area contributed by atoms with Crippen molar-refractivity contribution >= 4 is 23.3 Å². The molecule has 4 N–H and O–H groups in total. The summed E-state index contributed by atoms with van der Waals surface area (Å²) < 4.78 is 1.56. The van der Waals surface area contributed by atoms with E-state index in [0.717, 1.165) is 18.4 Å². The van der Waals surface area contributed by atoms with Gasteiger partial charge in [0.2, 0.25) is 0 Å². The second kappa shape index (κ2) is 7.06. The summed E-state index contributed by atoms with van der Waals surface area (Å²) in [6.45, 7) is 1.87. The molecule has 0 aliphatic heterocycles. The van der Waals surface area contributed by atoms with Gasteiger partial charge in [0.15, 0.2) is 5.82 Å². The number of carbonyl (C=O) groups is 1. The molecule has 2 aromatic rings. The topological polar surface area (TPSA) is 112 Å². The number of carbonyl (C=O) groups excluding carboxylic acids is 1. The average molecular weight is 359 g/mol. The van der Waals surface area contributed by atoms with Gasteiger partial charge >= 0.3 is 0 Å². The molecule has 3 rings (SSSR count). The summed E-state index contributed by atoms with van der Waals surface area (Å²) in [5.74, 6) is 0.744. The van der Waals surface area contributed by atoms with E-state index in [1.54, 1.807) is 35.4 Å². The standard InChI is InChI=1S/C17H19ClN6O/c1-10-7-21-16(5-13(10)18)24-9-11(8-22-24)4-17(25)23-15(20)6-14(19)12-2-3-12/h5-9,12H,2-4,19H2,1H3,(H2,20,23,25)/b14-6-. The first kappa shape index (κ1) is 17.2. The van der Waals surface area contributed by atoms with Crippen molar-refractivity contribution in [2.45, 2.75) is 26.2 Å². The van der Waals surface area contributed by atoms with Gasteiger partial charge in [-0.2, -0.15) is 10.1 Å². The smallest absolute Gasteiger partial charge is 0.252 e. The van der Waals surface area contributed by atoms with Crippen LogP contribution >= 0.6 is 11.6 Å². The van der Waals surface area contributed by atoms with E-state index in [2.05, 4.69) is 15.1 Å². The fourth-order valence-electron chi connectivity index (χ4n) is 2.29. The Balaban J connectivity index is 1.67. The Labute approximate surface area is 150 Å². The number of amides is 1. The fraction of sp³-hybridized carbons (Fsp3) is 0.294. The van der Waals surface area contributed by atoms with Crippen LogP contribution in [-0.4, -0.2) is 26.5 Å². The number of hydrogen-bond donors (Lipinski definition) is 2. The number of aliphatic imine (C=N–C) groups is 1. The normalized spacial score (nSPS) is 15.4. The first-order valence-electron chi connectivity index (χ1n) is 7.92. The van der Waals surface area contributed by atoms with Gasteiger partial charge in [0.1, 0.15) is 5.84 Å². The summed E-state index contributed by atoms with van der Waals surface area (Å²) in [6, 6.07) is 1.72. The lowest BCUT2D eigenvalue weighted by atomic mass is 10.2. The predicted octanol–water partition coefficient (Wildman–Crippen LogP) is 1.91. The third-order valence-corrected chi connectivity index (χ3v) is 4.27. The zero-order chi connectivity index (χ0) is 18.0. The van der Waals surface area contributed by atoms with E-state index in [1.807, 2.05) is 6.92 Å². The van der Waals surface area contributed by atoms with Crippen LogP contribution in [0.5, 0.6) is 0 Å². The number of pyridine rings is 1. The van der Waals surface area contributed by atoms with Crippen molar-refractivity contribution in [3.63, 3.8) is 0 Å². The molecule has 2 heterocycles. The minimum atomic E-state index is -0.355. The summed E-state index contributed by atoms with van der Waals surface area (Å²) in [7, 11) is 0. The fourth-order valence-corrected chi connectivity index (χ4v) is 2.43. The highest BCUT2D eigenvalue weighted by atomic mass is 35.5. The molecule has 1 aliphatic rings. The largest absolute Gasteiger partial charge is 0.402 e. The van der Waals surface area contributed by atoms with E-state index in [9.17, 15) is 4.79 Å². The number of allylic oxidation sites excluding steroid dienone is 1. The molecule has 0 bridgehead atoms. The van der Waals surface area contributed by atoms with E-state index >= 15 is 0 Å². The summed E-state index contributed by atoms with van der Waals surface area (Å²) in [5, 5.41) is 4.81. The molecule has 0 atom stereocenters. The monoisotopic (exact) mass is 358 g/mol. The van der Waals surface area contributed by atoms with Crippen molar-refractivity contribution < 1.29 is 4.79 Å². The predicted molar refractivity (Wildman–Crippen MR) is 96.4 cm³/mol. The van der Waals surface area contributed by atoms with Crippen molar-refractivity contribution in [2.24, 2.45) is 22.4 Å². The minimum Gasteiger partial charge on any atom is -0.402 e. The van der Waals surface area contributed by atoms with Gasteiger partial charge in [-0.15, -0.1) is 0 Å². The first-order valence-corrected chi connectivity index (χ1v) is 8.30. The van der Waals surface area contributed by atoms with Crippen molar-refractivity contribution in [3.05, 3.63) is 52.6 Å². The molecule has 0 saturated heterocycles. The van der Waals surface area contributed by atoms with E-state index in [-0.39, 0.29) is 18.2 Å². The van der Waals surface area contributed by atoms with E-state index in [4.69, 9.17) is 23.1 Å². The van der Waals surface area contributed by atoms with Crippen LogP contribution in [0, 0.1) is 12.8 Å². The van der Waals surface area contributed by atoms with Crippen LogP contribution in [0.25, 0.3) is 5.82 Å². The van der Waals surface area contributed by atoms with Gasteiger partial charge < -0.3 is 11.5 Å². The van der Waals surface area contributed by atoms with Gasteiger partial charge in [0.05, 0.1) is 12.6 Å². The van der Waals surface area contributed by atoms with Crippen LogP contribution in [0.1, 0.15) is 24.0 Å². The van der Waals surface area contributed by atoms with Crippen molar-refractivity contribution in [2.75, 3.05) is 0 Å². The molecule has 8 heteroatoms. The van der Waals surface area contributed by atoms with Gasteiger partial charge in [0.25, 0.3) is 5.91 Å². The maximum Gasteiger partial charge on any atom is 0.252 e. The van der Waals surface area contributed by atoms with E-state index in [0.29, 0.717) is 28.0 Å². The van der Waals surface area contributed by atoms with Crippen LogP contribution < -0.4 is 11.5 Å². The van der Waals surface area contributed by atoms with Crippen LogP contribution in [0.3, 0.4) is 0 Å². The summed E-state index contributed by atoms with van der Waals surface area (Å²) in [5.41, 5.74) is 13.9. The molecule has 2 aromatic heterocycles. The molecule has 1 aliphatic carbocycles. The Morgan fingerprint density at radius 1 is 1.44 bits per heavy atom. The van der Waals surface area contributed by atoms with Crippen LogP contribution in [0.2, 0.25) is 5.02 Å². The quantitative estimate of drug-likeness (QED) is 0.626. The summed E-state index contributed by atoms with van der Waals surface area (Å²) in [4.78, 5) is 20.1. The van der Waals surface area contributed by atoms with E-state index in [1.165, 1.54) is 0 Å². The van der Waals surface area contributed by atoms with Crippen molar-refractivity contribution in [1.82, 2.24) is 14.8 Å². The number of aromatic nitrogens is 3. The Kier molecular flexibility index (Phi) is 4.85. The Hall–Kier alpha value is -2.67. The molecule has 0 unspecified atom stereocenters. The number of rotatable bonds is 5. The van der Waals surface area contributed by atoms with Gasteiger partial charge in [-0.3, -0.25) is 4.79 Å². The molecular formula is C17H19ClN6O. The zero-order valence-electron chi connectivity index (χ0n) is 13.8. The molecule has 130 valence electrons. The number of nitrogens with zero attached hydrogens (tertiary/aromatic N) is 4. The second-order valence-corrected chi connectivity index (χ2v) is 6.52. The number of amidine groups is 1. The lowest BCUT2D eigenvalue weighted by Gasteiger charge is -2.02. The lowest BCUT2D eigenvalue weighted by molar-refractivity contribution is -0.117. The molecule has 7 nitrogen and oxygen atoms in total. The Bertz CT molecular complexity index is 866. The third kappa shape index (κ3) is 4.45. The number of aryl methyl sites for hydroxylation is 1. The second-order valence-electron chi connectivity index (χ2n) is 6.11. The number of halogens is 1.